The van der Waals surface area contributed by atoms with Crippen LogP contribution in [0.3, 0.4) is 0 Å². The van der Waals surface area contributed by atoms with Gasteiger partial charge in [-0.1, -0.05) is 30.3 Å². The van der Waals surface area contributed by atoms with E-state index in [1.165, 1.54) is 0 Å². The molecule has 2 saturated heterocycles. The van der Waals surface area contributed by atoms with Crippen molar-refractivity contribution < 1.29 is 19.0 Å². The van der Waals surface area contributed by atoms with Crippen molar-refractivity contribution >= 4 is 5.97 Å². The van der Waals surface area contributed by atoms with Gasteiger partial charge in [0.2, 0.25) is 0 Å². The largest absolute Gasteiger partial charge is 0.423 e. The Morgan fingerprint density at radius 1 is 0.815 bits per heavy atom. The van der Waals surface area contributed by atoms with Gasteiger partial charge in [-0.3, -0.25) is 0 Å². The molecule has 0 radical (unpaired) electrons. The van der Waals surface area contributed by atoms with Gasteiger partial charge in [-0.15, -0.1) is 0 Å². The maximum Gasteiger partial charge on any atom is 0.343 e. The van der Waals surface area contributed by atoms with Crippen LogP contribution in [0, 0.1) is 0 Å². The van der Waals surface area contributed by atoms with Gasteiger partial charge >= 0.3 is 5.97 Å². The van der Waals surface area contributed by atoms with E-state index in [4.69, 9.17) is 14.2 Å². The summed E-state index contributed by atoms with van der Waals surface area (Å²) in [6, 6.07) is 15.0. The minimum absolute atomic E-state index is 0.0425. The summed E-state index contributed by atoms with van der Waals surface area (Å²) in [6.07, 6.45) is 6.41. The van der Waals surface area contributed by atoms with Crippen molar-refractivity contribution in [1.82, 2.24) is 0 Å². The molecule has 2 aromatic rings. The molecule has 0 aromatic heterocycles. The molecule has 2 unspecified atom stereocenters. The average molecular weight is 366 g/mol. The first-order chi connectivity index (χ1) is 13.3. The third-order valence-corrected chi connectivity index (χ3v) is 5.34. The van der Waals surface area contributed by atoms with Crippen LogP contribution in [0.1, 0.15) is 72.2 Å². The first kappa shape index (κ1) is 18.2. The molecule has 4 nitrogen and oxygen atoms in total. The summed E-state index contributed by atoms with van der Waals surface area (Å²) in [5.41, 5.74) is 2.65. The van der Waals surface area contributed by atoms with E-state index in [9.17, 15) is 4.79 Å². The molecule has 0 spiro atoms. The molecule has 142 valence electrons. The van der Waals surface area contributed by atoms with E-state index in [1.807, 2.05) is 30.3 Å². The highest BCUT2D eigenvalue weighted by Crippen LogP contribution is 2.41. The number of hydrogen-bond acceptors (Lipinski definition) is 4. The molecular formula is C23H26O4. The lowest BCUT2D eigenvalue weighted by Crippen LogP contribution is -2.20. The van der Waals surface area contributed by atoms with E-state index < -0.39 is 0 Å². The molecule has 0 aliphatic carbocycles. The van der Waals surface area contributed by atoms with Crippen LogP contribution in [0.25, 0.3) is 0 Å². The van der Waals surface area contributed by atoms with Crippen LogP contribution >= 0.6 is 0 Å². The zero-order chi connectivity index (χ0) is 18.5. The second-order valence-corrected chi connectivity index (χ2v) is 7.23. The highest BCUT2D eigenvalue weighted by Gasteiger charge is 2.29. The van der Waals surface area contributed by atoms with Gasteiger partial charge in [-0.25, -0.2) is 4.79 Å². The van der Waals surface area contributed by atoms with Crippen LogP contribution < -0.4 is 4.74 Å². The van der Waals surface area contributed by atoms with Gasteiger partial charge in [0.25, 0.3) is 0 Å². The normalized spacial score (nSPS) is 23.0. The first-order valence-electron chi connectivity index (χ1n) is 9.96. The second kappa shape index (κ2) is 8.68. The van der Waals surface area contributed by atoms with E-state index in [-0.39, 0.29) is 18.2 Å². The summed E-state index contributed by atoms with van der Waals surface area (Å²) >= 11 is 0. The molecule has 2 aliphatic heterocycles. The zero-order valence-corrected chi connectivity index (χ0v) is 15.6. The van der Waals surface area contributed by atoms with Crippen molar-refractivity contribution in [1.29, 1.82) is 0 Å². The fourth-order valence-corrected chi connectivity index (χ4v) is 3.96. The number of esters is 1. The summed E-state index contributed by atoms with van der Waals surface area (Å²) in [5.74, 6) is 0.261. The minimum atomic E-state index is -0.339. The molecule has 2 aromatic carbocycles. The Hall–Kier alpha value is -2.17. The molecule has 0 N–H and O–H groups in total. The summed E-state index contributed by atoms with van der Waals surface area (Å²) in [6.45, 7) is 1.53. The maximum atomic E-state index is 12.6. The SMILES string of the molecule is O=C(Oc1cccc(C2CCCCO2)c1C1CCCCO1)c1ccccc1. The highest BCUT2D eigenvalue weighted by atomic mass is 16.5. The second-order valence-electron chi connectivity index (χ2n) is 7.23. The monoisotopic (exact) mass is 366 g/mol. The van der Waals surface area contributed by atoms with Crippen LogP contribution in [0.15, 0.2) is 48.5 Å². The van der Waals surface area contributed by atoms with Crippen molar-refractivity contribution in [3.63, 3.8) is 0 Å². The predicted molar refractivity (Wildman–Crippen MR) is 103 cm³/mol. The Morgan fingerprint density at radius 3 is 2.19 bits per heavy atom. The van der Waals surface area contributed by atoms with Gasteiger partial charge in [0.15, 0.2) is 0 Å². The minimum Gasteiger partial charge on any atom is -0.423 e. The molecule has 27 heavy (non-hydrogen) atoms. The average Bonchev–Trinajstić information content (AvgIpc) is 2.75. The van der Waals surface area contributed by atoms with Crippen molar-refractivity contribution in [2.75, 3.05) is 13.2 Å². The van der Waals surface area contributed by atoms with Gasteiger partial charge in [0.1, 0.15) is 5.75 Å². The lowest BCUT2D eigenvalue weighted by molar-refractivity contribution is -0.00173. The molecule has 0 amide bonds. The molecule has 0 bridgehead atoms. The van der Waals surface area contributed by atoms with Gasteiger partial charge in [0, 0.05) is 18.8 Å². The molecule has 4 heteroatoms. The molecular weight excluding hydrogens is 340 g/mol. The maximum absolute atomic E-state index is 12.6. The van der Waals surface area contributed by atoms with E-state index in [0.717, 1.165) is 62.9 Å². The van der Waals surface area contributed by atoms with Crippen LogP contribution in [-0.2, 0) is 9.47 Å². The summed E-state index contributed by atoms with van der Waals surface area (Å²) < 4.78 is 18.0. The summed E-state index contributed by atoms with van der Waals surface area (Å²) in [5, 5.41) is 0. The van der Waals surface area contributed by atoms with E-state index in [2.05, 4.69) is 6.07 Å². The van der Waals surface area contributed by atoms with Gasteiger partial charge in [-0.05, 0) is 62.3 Å². The van der Waals surface area contributed by atoms with Gasteiger partial charge in [-0.2, -0.15) is 0 Å². The van der Waals surface area contributed by atoms with Gasteiger partial charge in [0.05, 0.1) is 17.8 Å². The van der Waals surface area contributed by atoms with Crippen LogP contribution in [-0.4, -0.2) is 19.2 Å². The van der Waals surface area contributed by atoms with Crippen LogP contribution in [0.5, 0.6) is 5.75 Å². The third-order valence-electron chi connectivity index (χ3n) is 5.34. The zero-order valence-electron chi connectivity index (χ0n) is 15.6. The standard InChI is InChI=1S/C23H26O4/c24-23(17-9-2-1-3-10-17)27-21-14-8-11-18(19-12-4-6-15-25-19)22(21)20-13-5-7-16-26-20/h1-3,8-11,14,19-20H,4-7,12-13,15-16H2. The van der Waals surface area contributed by atoms with Crippen molar-refractivity contribution in [2.45, 2.75) is 50.7 Å². The van der Waals surface area contributed by atoms with Crippen molar-refractivity contribution in [3.8, 4) is 5.75 Å². The lowest BCUT2D eigenvalue weighted by atomic mass is 9.90. The summed E-state index contributed by atoms with van der Waals surface area (Å²) in [4.78, 5) is 12.6. The number of rotatable bonds is 4. The van der Waals surface area contributed by atoms with E-state index >= 15 is 0 Å². The van der Waals surface area contributed by atoms with Gasteiger partial charge < -0.3 is 14.2 Å². The number of carbonyl (C=O) groups excluding carboxylic acids is 1. The smallest absolute Gasteiger partial charge is 0.343 e. The third kappa shape index (κ3) is 4.23. The molecule has 2 aliphatic rings. The van der Waals surface area contributed by atoms with E-state index in [0.29, 0.717) is 11.3 Å². The number of benzene rings is 2. The Morgan fingerprint density at radius 2 is 1.52 bits per heavy atom. The topological polar surface area (TPSA) is 44.8 Å². The Labute approximate surface area is 160 Å². The lowest BCUT2D eigenvalue weighted by Gasteiger charge is -2.31. The van der Waals surface area contributed by atoms with Crippen LogP contribution in [0.2, 0.25) is 0 Å². The summed E-state index contributed by atoms with van der Waals surface area (Å²) in [7, 11) is 0. The molecule has 2 atom stereocenters. The number of ether oxygens (including phenoxy) is 3. The quantitative estimate of drug-likeness (QED) is 0.538. The highest BCUT2D eigenvalue weighted by molar-refractivity contribution is 5.91. The Kier molecular flexibility index (Phi) is 5.85. The fourth-order valence-electron chi connectivity index (χ4n) is 3.96. The van der Waals surface area contributed by atoms with Crippen LogP contribution in [0.4, 0.5) is 0 Å². The Balaban J connectivity index is 1.68. The number of carbonyl (C=O) groups is 1. The fraction of sp³-hybridized carbons (Fsp3) is 0.435. The Bertz CT molecular complexity index is 759. The van der Waals surface area contributed by atoms with E-state index in [1.54, 1.807) is 12.1 Å². The first-order valence-corrected chi connectivity index (χ1v) is 9.96. The van der Waals surface area contributed by atoms with Crippen molar-refractivity contribution in [3.05, 3.63) is 65.2 Å². The molecule has 2 heterocycles. The number of hydrogen-bond donors (Lipinski definition) is 0. The molecule has 0 saturated carbocycles. The molecule has 4 rings (SSSR count). The molecule has 2 fully saturated rings. The van der Waals surface area contributed by atoms with Crippen molar-refractivity contribution in [2.24, 2.45) is 0 Å². The predicted octanol–water partition coefficient (Wildman–Crippen LogP) is 5.39.